The number of nitrogens with zero attached hydrogens (tertiary/aromatic N) is 1. The van der Waals surface area contributed by atoms with Gasteiger partial charge in [0.15, 0.2) is 0 Å². The third kappa shape index (κ3) is 5.33. The zero-order chi connectivity index (χ0) is 16.5. The maximum atomic E-state index is 12.1. The Morgan fingerprint density at radius 2 is 1.74 bits per heavy atom. The highest BCUT2D eigenvalue weighted by molar-refractivity contribution is 5.76. The van der Waals surface area contributed by atoms with Gasteiger partial charge in [-0.25, -0.2) is 0 Å². The van der Waals surface area contributed by atoms with Crippen LogP contribution in [0.15, 0.2) is 54.6 Å². The summed E-state index contributed by atoms with van der Waals surface area (Å²) in [6.07, 6.45) is 1.14. The van der Waals surface area contributed by atoms with E-state index in [4.69, 9.17) is 9.47 Å². The number of hydrogen-bond donors (Lipinski definition) is 0. The maximum Gasteiger partial charge on any atom is 0.225 e. The van der Waals surface area contributed by atoms with E-state index in [1.807, 2.05) is 61.6 Å². The van der Waals surface area contributed by atoms with Crippen LogP contribution in [0.2, 0.25) is 0 Å². The molecule has 4 heteroatoms. The summed E-state index contributed by atoms with van der Waals surface area (Å²) >= 11 is 0. The number of ether oxygens (including phenoxy) is 2. The highest BCUT2D eigenvalue weighted by Gasteiger charge is 2.10. The molecule has 0 aliphatic rings. The first kappa shape index (κ1) is 16.9. The van der Waals surface area contributed by atoms with Gasteiger partial charge in [-0.05, 0) is 30.2 Å². The van der Waals surface area contributed by atoms with Gasteiger partial charge in [-0.3, -0.25) is 4.79 Å². The average Bonchev–Trinajstić information content (AvgIpc) is 2.60. The van der Waals surface area contributed by atoms with Crippen molar-refractivity contribution in [1.82, 2.24) is 4.90 Å². The van der Waals surface area contributed by atoms with Crippen LogP contribution in [0.25, 0.3) is 0 Å². The van der Waals surface area contributed by atoms with Gasteiger partial charge < -0.3 is 14.4 Å². The van der Waals surface area contributed by atoms with E-state index < -0.39 is 0 Å². The molecule has 4 nitrogen and oxygen atoms in total. The van der Waals surface area contributed by atoms with E-state index in [-0.39, 0.29) is 5.91 Å². The van der Waals surface area contributed by atoms with E-state index in [9.17, 15) is 4.79 Å². The van der Waals surface area contributed by atoms with Gasteiger partial charge in [-0.1, -0.05) is 36.4 Å². The van der Waals surface area contributed by atoms with Gasteiger partial charge in [-0.2, -0.15) is 0 Å². The quantitative estimate of drug-likeness (QED) is 0.751. The second-order valence-electron chi connectivity index (χ2n) is 5.29. The van der Waals surface area contributed by atoms with Crippen LogP contribution in [0.4, 0.5) is 0 Å². The molecule has 0 saturated heterocycles. The highest BCUT2D eigenvalue weighted by atomic mass is 16.5. The van der Waals surface area contributed by atoms with Crippen LogP contribution in [0.5, 0.6) is 11.5 Å². The number of para-hydroxylation sites is 2. The monoisotopic (exact) mass is 313 g/mol. The van der Waals surface area contributed by atoms with Crippen LogP contribution in [-0.2, 0) is 11.2 Å². The third-order valence-corrected chi connectivity index (χ3v) is 3.66. The number of benzene rings is 2. The average molecular weight is 313 g/mol. The van der Waals surface area contributed by atoms with Crippen LogP contribution >= 0.6 is 0 Å². The second-order valence-corrected chi connectivity index (χ2v) is 5.29. The molecule has 0 aliphatic heterocycles. The van der Waals surface area contributed by atoms with Gasteiger partial charge in [0.2, 0.25) is 5.91 Å². The first-order valence-corrected chi connectivity index (χ1v) is 7.74. The summed E-state index contributed by atoms with van der Waals surface area (Å²) in [5.41, 5.74) is 1.11. The van der Waals surface area contributed by atoms with Crippen LogP contribution < -0.4 is 9.47 Å². The van der Waals surface area contributed by atoms with Crippen LogP contribution in [0, 0.1) is 0 Å². The molecule has 0 aromatic heterocycles. The molecule has 2 rings (SSSR count). The Morgan fingerprint density at radius 3 is 2.48 bits per heavy atom. The molecule has 0 spiro atoms. The van der Waals surface area contributed by atoms with Crippen molar-refractivity contribution in [2.45, 2.75) is 12.8 Å². The smallest absolute Gasteiger partial charge is 0.225 e. The minimum Gasteiger partial charge on any atom is -0.496 e. The molecule has 122 valence electrons. The van der Waals surface area contributed by atoms with Crippen molar-refractivity contribution in [2.24, 2.45) is 0 Å². The Labute approximate surface area is 137 Å². The van der Waals surface area contributed by atoms with E-state index >= 15 is 0 Å². The molecule has 2 aromatic carbocycles. The maximum absolute atomic E-state index is 12.1. The lowest BCUT2D eigenvalue weighted by Crippen LogP contribution is -2.30. The predicted molar refractivity (Wildman–Crippen MR) is 90.9 cm³/mol. The van der Waals surface area contributed by atoms with Gasteiger partial charge in [-0.15, -0.1) is 0 Å². The summed E-state index contributed by atoms with van der Waals surface area (Å²) in [4.78, 5) is 13.9. The Kier molecular flexibility index (Phi) is 6.48. The number of hydrogen-bond acceptors (Lipinski definition) is 3. The molecule has 0 bridgehead atoms. The van der Waals surface area contributed by atoms with Crippen molar-refractivity contribution >= 4 is 5.91 Å². The zero-order valence-corrected chi connectivity index (χ0v) is 13.7. The summed E-state index contributed by atoms with van der Waals surface area (Å²) < 4.78 is 10.9. The number of carbonyl (C=O) groups is 1. The third-order valence-electron chi connectivity index (χ3n) is 3.66. The van der Waals surface area contributed by atoms with Gasteiger partial charge >= 0.3 is 0 Å². The summed E-state index contributed by atoms with van der Waals surface area (Å²) in [6.45, 7) is 1.05. The van der Waals surface area contributed by atoms with E-state index in [0.717, 1.165) is 23.5 Å². The summed E-state index contributed by atoms with van der Waals surface area (Å²) in [6, 6.07) is 17.4. The molecular formula is C19H23NO3. The Hall–Kier alpha value is -2.49. The zero-order valence-electron chi connectivity index (χ0n) is 13.7. The minimum absolute atomic E-state index is 0.0795. The van der Waals surface area contributed by atoms with E-state index in [2.05, 4.69) is 0 Å². The lowest BCUT2D eigenvalue weighted by molar-refractivity contribution is -0.130. The van der Waals surface area contributed by atoms with Crippen LogP contribution in [0.1, 0.15) is 12.0 Å². The fraction of sp³-hybridized carbons (Fsp3) is 0.316. The van der Waals surface area contributed by atoms with Gasteiger partial charge in [0.1, 0.15) is 11.5 Å². The molecule has 1 amide bonds. The highest BCUT2D eigenvalue weighted by Crippen LogP contribution is 2.18. The Balaban J connectivity index is 1.74. The van der Waals surface area contributed by atoms with Crippen molar-refractivity contribution in [3.8, 4) is 11.5 Å². The topological polar surface area (TPSA) is 38.8 Å². The summed E-state index contributed by atoms with van der Waals surface area (Å²) in [5.74, 6) is 1.73. The lowest BCUT2D eigenvalue weighted by Gasteiger charge is -2.18. The Bertz CT molecular complexity index is 613. The van der Waals surface area contributed by atoms with Crippen molar-refractivity contribution in [1.29, 1.82) is 0 Å². The van der Waals surface area contributed by atoms with Gasteiger partial charge in [0.25, 0.3) is 0 Å². The number of methoxy groups -OCH3 is 1. The standard InChI is InChI=1S/C19H23NO3/c1-20(14-12-16-8-6-7-11-18(16)22-2)19(21)13-15-23-17-9-4-3-5-10-17/h3-11H,12-15H2,1-2H3. The molecule has 0 aliphatic carbocycles. The number of carbonyl (C=O) groups excluding carboxylic acids is 1. The number of likely N-dealkylation sites (N-methyl/N-ethyl adjacent to an activating group) is 1. The molecular weight excluding hydrogens is 290 g/mol. The Morgan fingerprint density at radius 1 is 1.04 bits per heavy atom. The predicted octanol–water partition coefficient (Wildman–Crippen LogP) is 3.17. The summed E-state index contributed by atoms with van der Waals surface area (Å²) in [5, 5.41) is 0. The largest absolute Gasteiger partial charge is 0.496 e. The first-order valence-electron chi connectivity index (χ1n) is 7.74. The van der Waals surface area contributed by atoms with Crippen LogP contribution in [-0.4, -0.2) is 38.1 Å². The fourth-order valence-corrected chi connectivity index (χ4v) is 2.29. The molecule has 0 radical (unpaired) electrons. The molecule has 0 fully saturated rings. The molecule has 23 heavy (non-hydrogen) atoms. The van der Waals surface area contributed by atoms with Gasteiger partial charge in [0, 0.05) is 13.6 Å². The van der Waals surface area contributed by atoms with E-state index in [1.54, 1.807) is 12.0 Å². The van der Waals surface area contributed by atoms with Crippen LogP contribution in [0.3, 0.4) is 0 Å². The molecule has 0 heterocycles. The second kappa shape index (κ2) is 8.83. The minimum atomic E-state index is 0.0795. The molecule has 0 atom stereocenters. The fourth-order valence-electron chi connectivity index (χ4n) is 2.29. The molecule has 2 aromatic rings. The van der Waals surface area contributed by atoms with Gasteiger partial charge in [0.05, 0.1) is 20.1 Å². The first-order chi connectivity index (χ1) is 11.2. The molecule has 0 saturated carbocycles. The molecule has 0 N–H and O–H groups in total. The number of rotatable bonds is 8. The SMILES string of the molecule is COc1ccccc1CCN(C)C(=O)CCOc1ccccc1. The lowest BCUT2D eigenvalue weighted by atomic mass is 10.1. The normalized spacial score (nSPS) is 10.2. The van der Waals surface area contributed by atoms with E-state index in [1.165, 1.54) is 0 Å². The molecule has 0 unspecified atom stereocenters. The van der Waals surface area contributed by atoms with Crippen molar-refractivity contribution in [3.63, 3.8) is 0 Å². The van der Waals surface area contributed by atoms with Crippen molar-refractivity contribution < 1.29 is 14.3 Å². The van der Waals surface area contributed by atoms with Crippen molar-refractivity contribution in [2.75, 3.05) is 27.3 Å². The number of amides is 1. The van der Waals surface area contributed by atoms with E-state index in [0.29, 0.717) is 19.6 Å². The summed E-state index contributed by atoms with van der Waals surface area (Å²) in [7, 11) is 3.48. The van der Waals surface area contributed by atoms with Crippen molar-refractivity contribution in [3.05, 3.63) is 60.2 Å².